The lowest BCUT2D eigenvalue weighted by molar-refractivity contribution is -0.151. The summed E-state index contributed by atoms with van der Waals surface area (Å²) in [6, 6.07) is -2.00. The van der Waals surface area contributed by atoms with Crippen molar-refractivity contribution in [3.05, 3.63) is 24.3 Å². The molecule has 6 atom stereocenters. The number of carbonyl (C=O) groups excluding carboxylic acids is 8. The van der Waals surface area contributed by atoms with Crippen molar-refractivity contribution < 1.29 is 94.3 Å². The van der Waals surface area contributed by atoms with Crippen molar-refractivity contribution in [2.75, 3.05) is 65.9 Å². The number of nitrogens with one attached hydrogen (secondary N) is 4. The molecule has 0 spiro atoms. The molecule has 24 nitrogen and oxygen atoms in total. The van der Waals surface area contributed by atoms with Crippen molar-refractivity contribution in [2.24, 2.45) is 0 Å². The SMILES string of the molecule is CCCCCC/C=C\CCCC(=O)O[C@H](CCCCCCC)CCOC[C@H](COP(=O)(O)OCCNC(=O)CC(=O)NCCOP(=O)(O)OC[C@@H](COCC[C@@H](CCCCCCC)OC(=O)CCC/C=C\CCCCCC)NC(=O)CC(=O)CCCCCCCCCCC)NC(=O)CC(=O)CCCCCCCCCCC. The highest BCUT2D eigenvalue weighted by Gasteiger charge is 2.28. The molecule has 0 saturated carbocycles. The van der Waals surface area contributed by atoms with Gasteiger partial charge in [-0.2, -0.15) is 0 Å². The first-order chi connectivity index (χ1) is 53.7. The number of Topliss-reactive ketones (excluding diaryl/α,β-unsaturated/α-hetero) is 2. The maximum atomic E-state index is 13.3. The Balaban J connectivity index is 5.66. The molecule has 0 aromatic rings. The minimum Gasteiger partial charge on any atom is -0.462 e. The molecule has 648 valence electrons. The topological polar surface area (TPSA) is 333 Å². The van der Waals surface area contributed by atoms with Gasteiger partial charge in [-0.25, -0.2) is 9.13 Å². The molecular formula is C85H158N4O20P2. The minimum atomic E-state index is -4.83. The standard InChI is InChI=1S/C85H158N4O20P2/c1-7-13-19-25-29-33-37-43-47-53-76(90)67-82(94)88-74(70-102-63-59-78(55-49-41-23-17-11-5)108-84(96)57-51-45-39-35-31-27-21-15-9-3)72-106-110(98,99)104-65-61-86-80(92)69-81(93)87-62-66-105-111(100,101)107-73-75(89-83(95)68-77(91)54-48-44-38-34-30-26-20-14-8-2)71-103-64-60-79(56-50-42-24-18-12-6)109-85(97)58-52-46-40-36-32-28-22-16-10-4/h35-36,39-40,74-75,78-79H,7-34,37-38,41-73H2,1-6H3,(H,86,92)(H,87,93)(H,88,94)(H,89,95)(H,98,99)(H,100,101)/b39-35-,40-36-/t74-,75-,78-,79-/m1/s1. The van der Waals surface area contributed by atoms with Crippen LogP contribution in [-0.2, 0) is 84.5 Å². The molecule has 0 aromatic carbocycles. The summed E-state index contributed by atoms with van der Waals surface area (Å²) >= 11 is 0. The maximum Gasteiger partial charge on any atom is 0.472 e. The summed E-state index contributed by atoms with van der Waals surface area (Å²) in [5.74, 6) is -3.82. The second kappa shape index (κ2) is 77.0. The molecule has 0 saturated heterocycles. The van der Waals surface area contributed by atoms with Gasteiger partial charge in [0.15, 0.2) is 0 Å². The van der Waals surface area contributed by atoms with E-state index in [9.17, 15) is 57.3 Å². The summed E-state index contributed by atoms with van der Waals surface area (Å²) in [7, 11) is -9.66. The van der Waals surface area contributed by atoms with Gasteiger partial charge in [0, 0.05) is 51.6 Å². The van der Waals surface area contributed by atoms with Crippen LogP contribution in [-0.4, -0.2) is 147 Å². The number of unbranched alkanes of at least 4 members (excludes halogenated alkanes) is 34. The van der Waals surface area contributed by atoms with E-state index in [1.54, 1.807) is 0 Å². The van der Waals surface area contributed by atoms with E-state index in [1.165, 1.54) is 89.9 Å². The Hall–Kier alpha value is -4.22. The average Bonchev–Trinajstić information content (AvgIpc) is 0.911. The number of hydrogen-bond acceptors (Lipinski definition) is 18. The molecule has 4 amide bonds. The van der Waals surface area contributed by atoms with Gasteiger partial charge in [-0.15, -0.1) is 0 Å². The molecule has 0 bridgehead atoms. The predicted octanol–water partition coefficient (Wildman–Crippen LogP) is 19.4. The van der Waals surface area contributed by atoms with Crippen LogP contribution >= 0.6 is 15.6 Å². The van der Waals surface area contributed by atoms with Gasteiger partial charge < -0.3 is 50.0 Å². The third-order valence-electron chi connectivity index (χ3n) is 19.1. The Kier molecular flexibility index (Phi) is 74.1. The fourth-order valence-electron chi connectivity index (χ4n) is 12.5. The summed E-state index contributed by atoms with van der Waals surface area (Å²) in [4.78, 5) is 125. The number of rotatable bonds is 84. The highest BCUT2D eigenvalue weighted by Crippen LogP contribution is 2.44. The fraction of sp³-hybridized carbons (Fsp3) is 0.859. The van der Waals surface area contributed by atoms with Gasteiger partial charge in [-0.3, -0.25) is 56.5 Å². The minimum absolute atomic E-state index is 0.130. The zero-order valence-corrected chi connectivity index (χ0v) is 72.1. The summed E-state index contributed by atoms with van der Waals surface area (Å²) in [5, 5.41) is 10.2. The number of ether oxygens (including phenoxy) is 4. The Morgan fingerprint density at radius 3 is 0.946 bits per heavy atom. The van der Waals surface area contributed by atoms with Crippen molar-refractivity contribution in [1.82, 2.24) is 21.3 Å². The fourth-order valence-corrected chi connectivity index (χ4v) is 14.0. The first kappa shape index (κ1) is 107. The third kappa shape index (κ3) is 74.4. The molecule has 0 aliphatic rings. The van der Waals surface area contributed by atoms with Crippen LogP contribution in [0.5, 0.6) is 0 Å². The zero-order chi connectivity index (χ0) is 81.8. The van der Waals surface area contributed by atoms with E-state index in [0.29, 0.717) is 64.2 Å². The Morgan fingerprint density at radius 1 is 0.315 bits per heavy atom. The van der Waals surface area contributed by atoms with Crippen LogP contribution < -0.4 is 21.3 Å². The predicted molar refractivity (Wildman–Crippen MR) is 442 cm³/mol. The molecule has 0 aliphatic heterocycles. The molecule has 6 N–H and O–H groups in total. The first-order valence-corrected chi connectivity index (χ1v) is 46.9. The van der Waals surface area contributed by atoms with Crippen LogP contribution in [0.4, 0.5) is 0 Å². The van der Waals surface area contributed by atoms with Gasteiger partial charge in [-0.1, -0.05) is 258 Å². The second-order valence-corrected chi connectivity index (χ2v) is 32.9. The van der Waals surface area contributed by atoms with E-state index in [-0.39, 0.29) is 75.9 Å². The first-order valence-electron chi connectivity index (χ1n) is 43.9. The van der Waals surface area contributed by atoms with Gasteiger partial charge in [0.1, 0.15) is 30.2 Å². The van der Waals surface area contributed by atoms with Crippen molar-refractivity contribution in [3.8, 4) is 0 Å². The average molecular weight is 1620 g/mol. The van der Waals surface area contributed by atoms with Gasteiger partial charge >= 0.3 is 27.6 Å². The molecule has 26 heteroatoms. The van der Waals surface area contributed by atoms with E-state index in [4.69, 9.17) is 37.0 Å². The Labute approximate surface area is 671 Å². The lowest BCUT2D eigenvalue weighted by atomic mass is 10.0. The number of phosphoric acid groups is 2. The number of ketones is 2. The summed E-state index contributed by atoms with van der Waals surface area (Å²) in [5.41, 5.74) is 0. The normalized spacial score (nSPS) is 13.8. The van der Waals surface area contributed by atoms with Crippen molar-refractivity contribution in [3.63, 3.8) is 0 Å². The number of allylic oxidation sites excluding steroid dienone is 4. The van der Waals surface area contributed by atoms with E-state index in [0.717, 1.165) is 154 Å². The summed E-state index contributed by atoms with van der Waals surface area (Å²) in [6.07, 6.45) is 53.7. The quantitative estimate of drug-likeness (QED) is 0.0108. The molecule has 0 heterocycles. The lowest BCUT2D eigenvalue weighted by Crippen LogP contribution is -2.42. The largest absolute Gasteiger partial charge is 0.472 e. The van der Waals surface area contributed by atoms with Crippen LogP contribution in [0.25, 0.3) is 0 Å². The van der Waals surface area contributed by atoms with E-state index >= 15 is 0 Å². The second-order valence-electron chi connectivity index (χ2n) is 30.0. The molecule has 0 rings (SSSR count). The van der Waals surface area contributed by atoms with Gasteiger partial charge in [0.2, 0.25) is 23.6 Å². The summed E-state index contributed by atoms with van der Waals surface area (Å²) in [6.45, 7) is 10.1. The summed E-state index contributed by atoms with van der Waals surface area (Å²) < 4.78 is 71.0. The number of esters is 2. The molecule has 2 unspecified atom stereocenters. The lowest BCUT2D eigenvalue weighted by Gasteiger charge is -2.22. The van der Waals surface area contributed by atoms with Crippen LogP contribution in [0.1, 0.15) is 382 Å². The third-order valence-corrected chi connectivity index (χ3v) is 21.0. The number of phosphoric ester groups is 2. The Bertz CT molecular complexity index is 2330. The van der Waals surface area contributed by atoms with E-state index < -0.39 is 109 Å². The number of amides is 4. The molecule has 0 aliphatic carbocycles. The van der Waals surface area contributed by atoms with Crippen LogP contribution in [0.2, 0.25) is 0 Å². The number of hydrogen-bond donors (Lipinski definition) is 6. The van der Waals surface area contributed by atoms with Crippen LogP contribution in [0.15, 0.2) is 24.3 Å². The highest BCUT2D eigenvalue weighted by molar-refractivity contribution is 7.47. The monoisotopic (exact) mass is 1620 g/mol. The van der Waals surface area contributed by atoms with Gasteiger partial charge in [0.25, 0.3) is 0 Å². The van der Waals surface area contributed by atoms with Crippen molar-refractivity contribution in [2.45, 2.75) is 406 Å². The molecule has 0 fully saturated rings. The van der Waals surface area contributed by atoms with Crippen molar-refractivity contribution in [1.29, 1.82) is 0 Å². The molecule has 111 heavy (non-hydrogen) atoms. The van der Waals surface area contributed by atoms with Crippen LogP contribution in [0, 0.1) is 0 Å². The van der Waals surface area contributed by atoms with Crippen molar-refractivity contribution >= 4 is 62.8 Å². The van der Waals surface area contributed by atoms with E-state index in [1.807, 2.05) is 0 Å². The van der Waals surface area contributed by atoms with Crippen LogP contribution in [0.3, 0.4) is 0 Å². The molecular weight excluding hydrogens is 1460 g/mol. The van der Waals surface area contributed by atoms with Gasteiger partial charge in [0.05, 0.1) is 77.8 Å². The number of carbonyl (C=O) groups is 8. The Morgan fingerprint density at radius 2 is 0.613 bits per heavy atom. The molecule has 0 aromatic heterocycles. The smallest absolute Gasteiger partial charge is 0.462 e. The van der Waals surface area contributed by atoms with Gasteiger partial charge in [-0.05, 0) is 89.9 Å². The zero-order valence-electron chi connectivity index (χ0n) is 70.3. The maximum absolute atomic E-state index is 13.3. The molecule has 0 radical (unpaired) electrons. The van der Waals surface area contributed by atoms with E-state index in [2.05, 4.69) is 87.1 Å². The highest BCUT2D eigenvalue weighted by atomic mass is 31.2.